The lowest BCUT2D eigenvalue weighted by molar-refractivity contribution is 0.0697. The maximum absolute atomic E-state index is 11.2. The van der Waals surface area contributed by atoms with Gasteiger partial charge in [0.1, 0.15) is 6.61 Å². The molecular weight excluding hydrogens is 505 g/mol. The maximum atomic E-state index is 11.2. The van der Waals surface area contributed by atoms with Gasteiger partial charge in [-0.25, -0.2) is 4.79 Å². The summed E-state index contributed by atoms with van der Waals surface area (Å²) in [5.41, 5.74) is 2.59. The molecule has 3 aromatic rings. The zero-order valence-electron chi connectivity index (χ0n) is 16.6. The van der Waals surface area contributed by atoms with E-state index in [4.69, 9.17) is 32.7 Å². The Balaban J connectivity index is 1.77. The molecule has 0 aromatic heterocycles. The van der Waals surface area contributed by atoms with Crippen LogP contribution in [0.15, 0.2) is 59.1 Å². The molecule has 2 N–H and O–H groups in total. The van der Waals surface area contributed by atoms with Crippen LogP contribution in [-0.2, 0) is 13.2 Å². The van der Waals surface area contributed by atoms with Crippen LogP contribution in [0.25, 0.3) is 0 Å². The van der Waals surface area contributed by atoms with E-state index in [1.54, 1.807) is 6.07 Å². The predicted octanol–water partition coefficient (Wildman–Crippen LogP) is 7.04. The number of hydrogen-bond donors (Lipinski definition) is 2. The summed E-state index contributed by atoms with van der Waals surface area (Å²) in [6, 6.07) is 15.8. The monoisotopic (exact) mass is 523 g/mol. The Kier molecular flexibility index (Phi) is 8.07. The average Bonchev–Trinajstić information content (AvgIpc) is 2.74. The molecule has 0 bridgehead atoms. The first-order valence-corrected chi connectivity index (χ1v) is 11.0. The first kappa shape index (κ1) is 23.3. The highest BCUT2D eigenvalue weighted by atomic mass is 79.9. The summed E-state index contributed by atoms with van der Waals surface area (Å²) < 4.78 is 12.5. The third-order valence-corrected chi connectivity index (χ3v) is 5.53. The lowest BCUT2D eigenvalue weighted by Crippen LogP contribution is -2.05. The number of ether oxygens (including phenoxy) is 2. The van der Waals surface area contributed by atoms with Crippen molar-refractivity contribution in [3.05, 3.63) is 85.8 Å². The number of nitrogens with one attached hydrogen (secondary N) is 1. The van der Waals surface area contributed by atoms with Crippen molar-refractivity contribution in [2.45, 2.75) is 20.1 Å². The molecule has 0 saturated carbocycles. The standard InChI is InChI=1S/C23H20BrCl2NO4/c1-2-30-21-10-15(12-27-20-11-16(23(28)29)5-8-19(20)26)9-18(24)22(21)31-13-14-3-6-17(25)7-4-14/h3-11,27H,2,12-13H2,1H3,(H,28,29). The quantitative estimate of drug-likeness (QED) is 0.314. The first-order chi connectivity index (χ1) is 14.9. The van der Waals surface area contributed by atoms with Gasteiger partial charge >= 0.3 is 5.97 Å². The molecule has 0 saturated heterocycles. The van der Waals surface area contributed by atoms with Crippen LogP contribution < -0.4 is 14.8 Å². The Morgan fingerprint density at radius 1 is 1.03 bits per heavy atom. The van der Waals surface area contributed by atoms with Crippen molar-refractivity contribution in [3.8, 4) is 11.5 Å². The van der Waals surface area contributed by atoms with E-state index in [2.05, 4.69) is 21.2 Å². The Hall–Kier alpha value is -2.41. The highest BCUT2D eigenvalue weighted by molar-refractivity contribution is 9.10. The molecule has 3 aromatic carbocycles. The third kappa shape index (κ3) is 6.29. The number of aromatic carboxylic acids is 1. The molecule has 5 nitrogen and oxygen atoms in total. The van der Waals surface area contributed by atoms with E-state index in [9.17, 15) is 9.90 Å². The summed E-state index contributed by atoms with van der Waals surface area (Å²) >= 11 is 15.7. The highest BCUT2D eigenvalue weighted by Crippen LogP contribution is 2.38. The van der Waals surface area contributed by atoms with Crippen LogP contribution in [0.1, 0.15) is 28.4 Å². The number of carboxylic acid groups (broad SMARTS) is 1. The lowest BCUT2D eigenvalue weighted by Gasteiger charge is -2.16. The van der Waals surface area contributed by atoms with Gasteiger partial charge in [0.05, 0.1) is 27.4 Å². The molecule has 0 spiro atoms. The molecule has 0 amide bonds. The van der Waals surface area contributed by atoms with E-state index < -0.39 is 5.97 Å². The smallest absolute Gasteiger partial charge is 0.335 e. The number of hydrogen-bond acceptors (Lipinski definition) is 4. The Morgan fingerprint density at radius 2 is 1.77 bits per heavy atom. The predicted molar refractivity (Wildman–Crippen MR) is 127 cm³/mol. The summed E-state index contributed by atoms with van der Waals surface area (Å²) in [6.07, 6.45) is 0. The van der Waals surface area contributed by atoms with E-state index in [0.717, 1.165) is 15.6 Å². The SMILES string of the molecule is CCOc1cc(CNc2cc(C(=O)O)ccc2Cl)cc(Br)c1OCc1ccc(Cl)cc1. The number of carboxylic acids is 1. The second kappa shape index (κ2) is 10.8. The van der Waals surface area contributed by atoms with Gasteiger partial charge in [0.15, 0.2) is 11.5 Å². The topological polar surface area (TPSA) is 67.8 Å². The van der Waals surface area contributed by atoms with E-state index in [0.29, 0.717) is 47.0 Å². The van der Waals surface area contributed by atoms with Crippen molar-refractivity contribution >= 4 is 50.8 Å². The molecule has 0 fully saturated rings. The zero-order chi connectivity index (χ0) is 22.4. The summed E-state index contributed by atoms with van der Waals surface area (Å²) in [5, 5.41) is 13.5. The Bertz CT molecular complexity index is 1070. The van der Waals surface area contributed by atoms with Gasteiger partial charge in [-0.15, -0.1) is 0 Å². The van der Waals surface area contributed by atoms with Crippen molar-refractivity contribution in [2.24, 2.45) is 0 Å². The van der Waals surface area contributed by atoms with Crippen LogP contribution >= 0.6 is 39.1 Å². The van der Waals surface area contributed by atoms with Crippen LogP contribution in [0.5, 0.6) is 11.5 Å². The van der Waals surface area contributed by atoms with Gasteiger partial charge in [-0.3, -0.25) is 0 Å². The normalized spacial score (nSPS) is 10.6. The number of rotatable bonds is 9. The molecule has 8 heteroatoms. The molecule has 0 heterocycles. The third-order valence-electron chi connectivity index (χ3n) is 4.36. The number of benzene rings is 3. The van der Waals surface area contributed by atoms with E-state index >= 15 is 0 Å². The molecule has 162 valence electrons. The van der Waals surface area contributed by atoms with Gasteiger partial charge in [0.2, 0.25) is 0 Å². The summed E-state index contributed by atoms with van der Waals surface area (Å²) in [5.74, 6) is 0.197. The summed E-state index contributed by atoms with van der Waals surface area (Å²) in [4.78, 5) is 11.2. The minimum Gasteiger partial charge on any atom is -0.490 e. The van der Waals surface area contributed by atoms with Crippen LogP contribution in [-0.4, -0.2) is 17.7 Å². The van der Waals surface area contributed by atoms with Crippen LogP contribution in [0.3, 0.4) is 0 Å². The Labute approximate surface area is 199 Å². The van der Waals surface area contributed by atoms with Gasteiger partial charge in [0, 0.05) is 11.6 Å². The average molecular weight is 525 g/mol. The van der Waals surface area contributed by atoms with Crippen molar-refractivity contribution in [1.82, 2.24) is 0 Å². The maximum Gasteiger partial charge on any atom is 0.335 e. The van der Waals surface area contributed by atoms with Crippen LogP contribution in [0, 0.1) is 0 Å². The molecule has 0 atom stereocenters. The molecule has 0 aliphatic heterocycles. The van der Waals surface area contributed by atoms with Gasteiger partial charge < -0.3 is 19.9 Å². The fraction of sp³-hybridized carbons (Fsp3) is 0.174. The molecule has 0 radical (unpaired) electrons. The first-order valence-electron chi connectivity index (χ1n) is 9.46. The van der Waals surface area contributed by atoms with E-state index in [-0.39, 0.29) is 5.56 Å². The molecule has 3 rings (SSSR count). The minimum atomic E-state index is -1.01. The summed E-state index contributed by atoms with van der Waals surface area (Å²) in [7, 11) is 0. The molecular formula is C23H20BrCl2NO4. The Morgan fingerprint density at radius 3 is 2.45 bits per heavy atom. The van der Waals surface area contributed by atoms with Gasteiger partial charge in [0.25, 0.3) is 0 Å². The van der Waals surface area contributed by atoms with Crippen molar-refractivity contribution in [3.63, 3.8) is 0 Å². The number of carbonyl (C=O) groups is 1. The molecule has 31 heavy (non-hydrogen) atoms. The molecule has 0 unspecified atom stereocenters. The van der Waals surface area contributed by atoms with Gasteiger partial charge in [-0.2, -0.15) is 0 Å². The largest absolute Gasteiger partial charge is 0.490 e. The van der Waals surface area contributed by atoms with Crippen molar-refractivity contribution < 1.29 is 19.4 Å². The van der Waals surface area contributed by atoms with Gasteiger partial charge in [-0.05, 0) is 76.4 Å². The number of halogens is 3. The second-order valence-electron chi connectivity index (χ2n) is 6.61. The fourth-order valence-electron chi connectivity index (χ4n) is 2.85. The molecule has 0 aliphatic carbocycles. The number of anilines is 1. The van der Waals surface area contributed by atoms with E-state index in [1.165, 1.54) is 12.1 Å². The van der Waals surface area contributed by atoms with Crippen LogP contribution in [0.4, 0.5) is 5.69 Å². The van der Waals surface area contributed by atoms with Crippen molar-refractivity contribution in [1.29, 1.82) is 0 Å². The zero-order valence-corrected chi connectivity index (χ0v) is 19.7. The molecule has 0 aliphatic rings. The van der Waals surface area contributed by atoms with Crippen LogP contribution in [0.2, 0.25) is 10.0 Å². The van der Waals surface area contributed by atoms with Crippen molar-refractivity contribution in [2.75, 3.05) is 11.9 Å². The second-order valence-corrected chi connectivity index (χ2v) is 8.30. The highest BCUT2D eigenvalue weighted by Gasteiger charge is 2.14. The van der Waals surface area contributed by atoms with E-state index in [1.807, 2.05) is 43.3 Å². The lowest BCUT2D eigenvalue weighted by atomic mass is 10.1. The minimum absolute atomic E-state index is 0.161. The van der Waals surface area contributed by atoms with Gasteiger partial charge in [-0.1, -0.05) is 35.3 Å². The fourth-order valence-corrected chi connectivity index (χ4v) is 3.77. The summed E-state index contributed by atoms with van der Waals surface area (Å²) in [6.45, 7) is 3.16.